The van der Waals surface area contributed by atoms with Crippen LogP contribution in [0.15, 0.2) is 27.2 Å². The van der Waals surface area contributed by atoms with E-state index < -0.39 is 5.97 Å². The van der Waals surface area contributed by atoms with Crippen LogP contribution in [0.2, 0.25) is 0 Å². The Balaban J connectivity index is 1.92. The van der Waals surface area contributed by atoms with Crippen molar-refractivity contribution in [2.24, 2.45) is 0 Å². The number of carboxylic acids is 1. The quantitative estimate of drug-likeness (QED) is 0.923. The van der Waals surface area contributed by atoms with Crippen LogP contribution in [-0.4, -0.2) is 41.6 Å². The lowest BCUT2D eigenvalue weighted by Gasteiger charge is -2.34. The Morgan fingerprint density at radius 3 is 2.79 bits per heavy atom. The number of aliphatic carboxylic acids is 1. The highest BCUT2D eigenvalue weighted by Gasteiger charge is 2.34. The van der Waals surface area contributed by atoms with Crippen molar-refractivity contribution >= 4 is 11.9 Å². The fraction of sp³-hybridized carbons (Fsp3) is 0.412. The third-order valence-corrected chi connectivity index (χ3v) is 4.06. The normalized spacial score (nSPS) is 17.9. The van der Waals surface area contributed by atoms with Crippen LogP contribution in [0.5, 0.6) is 0 Å². The highest BCUT2D eigenvalue weighted by molar-refractivity contribution is 5.97. The molecule has 3 heterocycles. The second kappa shape index (κ2) is 6.52. The SMILES string of the molecule is Cc1ccc(C2COCCN2C(=O)c2c(C)coc2CC(=O)O)o1. The second-order valence-corrected chi connectivity index (χ2v) is 5.83. The van der Waals surface area contributed by atoms with Crippen molar-refractivity contribution in [2.45, 2.75) is 26.3 Å². The summed E-state index contributed by atoms with van der Waals surface area (Å²) in [6.45, 7) is 4.73. The fourth-order valence-corrected chi connectivity index (χ4v) is 2.91. The summed E-state index contributed by atoms with van der Waals surface area (Å²) < 4.78 is 16.4. The molecule has 0 bridgehead atoms. The molecule has 24 heavy (non-hydrogen) atoms. The van der Waals surface area contributed by atoms with Crippen molar-refractivity contribution in [3.05, 3.63) is 46.8 Å². The minimum absolute atomic E-state index is 0.172. The Bertz CT molecular complexity index is 759. The summed E-state index contributed by atoms with van der Waals surface area (Å²) in [5.41, 5.74) is 0.935. The van der Waals surface area contributed by atoms with Gasteiger partial charge in [-0.1, -0.05) is 0 Å². The van der Waals surface area contributed by atoms with Crippen molar-refractivity contribution < 1.29 is 28.3 Å². The van der Waals surface area contributed by atoms with Gasteiger partial charge in [0, 0.05) is 12.1 Å². The number of carbonyl (C=O) groups is 2. The number of morpholine rings is 1. The van der Waals surface area contributed by atoms with Gasteiger partial charge in [0.2, 0.25) is 0 Å². The number of hydrogen-bond acceptors (Lipinski definition) is 5. The number of carbonyl (C=O) groups excluding carboxylic acids is 1. The molecule has 1 atom stereocenters. The summed E-state index contributed by atoms with van der Waals surface area (Å²) in [5.74, 6) is 0.278. The highest BCUT2D eigenvalue weighted by Crippen LogP contribution is 2.29. The fourth-order valence-electron chi connectivity index (χ4n) is 2.91. The first-order valence-corrected chi connectivity index (χ1v) is 7.71. The van der Waals surface area contributed by atoms with Gasteiger partial charge in [0.25, 0.3) is 5.91 Å². The lowest BCUT2D eigenvalue weighted by molar-refractivity contribution is -0.136. The standard InChI is InChI=1S/C17H19NO6/c1-10-8-23-14(7-15(19)20)16(10)17(21)18-5-6-22-9-12(18)13-4-3-11(2)24-13/h3-4,8,12H,5-7,9H2,1-2H3,(H,19,20). The predicted molar refractivity (Wildman–Crippen MR) is 82.8 cm³/mol. The molecule has 0 saturated carbocycles. The number of ether oxygens (including phenoxy) is 1. The van der Waals surface area contributed by atoms with Gasteiger partial charge < -0.3 is 23.6 Å². The molecule has 0 aliphatic carbocycles. The second-order valence-electron chi connectivity index (χ2n) is 5.83. The Kier molecular flexibility index (Phi) is 4.44. The number of hydrogen-bond donors (Lipinski definition) is 1. The molecule has 0 radical (unpaired) electrons. The number of amides is 1. The summed E-state index contributed by atoms with van der Waals surface area (Å²) in [6.07, 6.45) is 1.09. The van der Waals surface area contributed by atoms with Crippen molar-refractivity contribution in [2.75, 3.05) is 19.8 Å². The Morgan fingerprint density at radius 2 is 2.12 bits per heavy atom. The minimum Gasteiger partial charge on any atom is -0.481 e. The average Bonchev–Trinajstić information content (AvgIpc) is 3.12. The van der Waals surface area contributed by atoms with Gasteiger partial charge in [0.1, 0.15) is 29.7 Å². The van der Waals surface area contributed by atoms with Crippen LogP contribution in [0.1, 0.15) is 39.2 Å². The van der Waals surface area contributed by atoms with Crippen molar-refractivity contribution in [1.82, 2.24) is 4.90 Å². The molecule has 128 valence electrons. The Labute approximate surface area is 138 Å². The molecule has 1 N–H and O–H groups in total. The summed E-state index contributed by atoms with van der Waals surface area (Å²) in [7, 11) is 0. The van der Waals surface area contributed by atoms with Gasteiger partial charge in [-0.3, -0.25) is 9.59 Å². The molecule has 1 unspecified atom stereocenters. The average molecular weight is 333 g/mol. The first-order valence-electron chi connectivity index (χ1n) is 7.71. The van der Waals surface area contributed by atoms with E-state index in [2.05, 4.69) is 0 Å². The first-order chi connectivity index (χ1) is 11.5. The number of carboxylic acid groups (broad SMARTS) is 1. The molecule has 1 fully saturated rings. The zero-order valence-corrected chi connectivity index (χ0v) is 13.6. The van der Waals surface area contributed by atoms with Gasteiger partial charge in [0.15, 0.2) is 0 Å². The van der Waals surface area contributed by atoms with Gasteiger partial charge in [-0.05, 0) is 26.0 Å². The molecule has 2 aromatic rings. The van der Waals surface area contributed by atoms with Crippen LogP contribution in [0, 0.1) is 13.8 Å². The van der Waals surface area contributed by atoms with Crippen molar-refractivity contribution in [3.8, 4) is 0 Å². The number of rotatable bonds is 4. The van der Waals surface area contributed by atoms with Crippen LogP contribution in [-0.2, 0) is 16.0 Å². The molecule has 2 aromatic heterocycles. The van der Waals surface area contributed by atoms with Gasteiger partial charge in [0.05, 0.1) is 25.0 Å². The van der Waals surface area contributed by atoms with Crippen LogP contribution in [0.4, 0.5) is 0 Å². The Morgan fingerprint density at radius 1 is 1.33 bits per heavy atom. The summed E-state index contributed by atoms with van der Waals surface area (Å²) in [6, 6.07) is 3.33. The van der Waals surface area contributed by atoms with E-state index in [1.165, 1.54) is 6.26 Å². The van der Waals surface area contributed by atoms with Gasteiger partial charge in [-0.2, -0.15) is 0 Å². The molecule has 3 rings (SSSR count). The van der Waals surface area contributed by atoms with Crippen LogP contribution in [0.3, 0.4) is 0 Å². The minimum atomic E-state index is -1.04. The molecule has 0 spiro atoms. The number of furan rings is 2. The highest BCUT2D eigenvalue weighted by atomic mass is 16.5. The van der Waals surface area contributed by atoms with Gasteiger partial charge in [-0.25, -0.2) is 0 Å². The number of aryl methyl sites for hydroxylation is 2. The molecule has 7 nitrogen and oxygen atoms in total. The van der Waals surface area contributed by atoms with E-state index in [0.717, 1.165) is 5.76 Å². The molecular formula is C17H19NO6. The molecule has 1 amide bonds. The zero-order chi connectivity index (χ0) is 17.3. The predicted octanol–water partition coefficient (Wildman–Crippen LogP) is 2.33. The molecule has 1 aliphatic rings. The molecule has 0 aromatic carbocycles. The molecular weight excluding hydrogens is 314 g/mol. The topological polar surface area (TPSA) is 93.1 Å². The molecule has 1 saturated heterocycles. The maximum atomic E-state index is 13.1. The van der Waals surface area contributed by atoms with E-state index in [9.17, 15) is 9.59 Å². The summed E-state index contributed by atoms with van der Waals surface area (Å²) in [5, 5.41) is 9.01. The third kappa shape index (κ3) is 3.07. The lowest BCUT2D eigenvalue weighted by Crippen LogP contribution is -2.43. The molecule has 1 aliphatic heterocycles. The van der Waals surface area contributed by atoms with Crippen LogP contribution in [0.25, 0.3) is 0 Å². The van der Waals surface area contributed by atoms with Crippen LogP contribution < -0.4 is 0 Å². The van der Waals surface area contributed by atoms with Crippen LogP contribution >= 0.6 is 0 Å². The van der Waals surface area contributed by atoms with Crippen molar-refractivity contribution in [3.63, 3.8) is 0 Å². The molecule has 7 heteroatoms. The zero-order valence-electron chi connectivity index (χ0n) is 13.6. The van der Waals surface area contributed by atoms with E-state index in [1.807, 2.05) is 19.1 Å². The lowest BCUT2D eigenvalue weighted by atomic mass is 10.1. The largest absolute Gasteiger partial charge is 0.481 e. The van der Waals surface area contributed by atoms with E-state index in [-0.39, 0.29) is 24.1 Å². The maximum absolute atomic E-state index is 13.1. The summed E-state index contributed by atoms with van der Waals surface area (Å²) >= 11 is 0. The van der Waals surface area contributed by atoms with E-state index in [1.54, 1.807) is 11.8 Å². The van der Waals surface area contributed by atoms with E-state index >= 15 is 0 Å². The van der Waals surface area contributed by atoms with E-state index in [0.29, 0.717) is 36.6 Å². The van der Waals surface area contributed by atoms with Gasteiger partial charge >= 0.3 is 5.97 Å². The third-order valence-electron chi connectivity index (χ3n) is 4.06. The monoisotopic (exact) mass is 333 g/mol. The maximum Gasteiger partial charge on any atom is 0.311 e. The summed E-state index contributed by atoms with van der Waals surface area (Å²) in [4.78, 5) is 25.7. The van der Waals surface area contributed by atoms with Crippen molar-refractivity contribution in [1.29, 1.82) is 0 Å². The van der Waals surface area contributed by atoms with E-state index in [4.69, 9.17) is 18.7 Å². The first kappa shape index (κ1) is 16.3. The van der Waals surface area contributed by atoms with Gasteiger partial charge in [-0.15, -0.1) is 0 Å². The Hall–Kier alpha value is -2.54. The number of nitrogens with zero attached hydrogens (tertiary/aromatic N) is 1. The smallest absolute Gasteiger partial charge is 0.311 e.